The smallest absolute Gasteiger partial charge is 0.243 e. The fourth-order valence-corrected chi connectivity index (χ4v) is 5.44. The van der Waals surface area contributed by atoms with Gasteiger partial charge in [0.05, 0.1) is 11.5 Å². The van der Waals surface area contributed by atoms with Crippen molar-refractivity contribution in [2.75, 3.05) is 37.7 Å². The van der Waals surface area contributed by atoms with Crippen LogP contribution in [-0.4, -0.2) is 56.4 Å². The largest absolute Gasteiger partial charge is 0.494 e. The molecule has 0 aliphatic carbocycles. The van der Waals surface area contributed by atoms with E-state index in [0.29, 0.717) is 44.8 Å². The van der Waals surface area contributed by atoms with E-state index in [-0.39, 0.29) is 16.7 Å². The van der Waals surface area contributed by atoms with Gasteiger partial charge in [-0.25, -0.2) is 13.4 Å². The van der Waals surface area contributed by atoms with Gasteiger partial charge in [0, 0.05) is 44.8 Å². The molecule has 0 bridgehead atoms. The second-order valence-electron chi connectivity index (χ2n) is 8.00. The lowest BCUT2D eigenvalue weighted by atomic mass is 9.97. The molecule has 9 heteroatoms. The average Bonchev–Trinajstić information content (AvgIpc) is 2.85. The van der Waals surface area contributed by atoms with Crippen molar-refractivity contribution in [2.24, 2.45) is 5.92 Å². The van der Waals surface area contributed by atoms with E-state index in [4.69, 9.17) is 4.74 Å². The topological polar surface area (TPSA) is 91.8 Å². The molecule has 0 atom stereocenters. The lowest BCUT2D eigenvalue weighted by Gasteiger charge is -2.30. The fourth-order valence-electron chi connectivity index (χ4n) is 3.97. The number of benzene rings is 1. The molecule has 2 heterocycles. The van der Waals surface area contributed by atoms with Crippen molar-refractivity contribution in [2.45, 2.75) is 45.1 Å². The van der Waals surface area contributed by atoms with Crippen LogP contribution in [-0.2, 0) is 21.4 Å². The van der Waals surface area contributed by atoms with Crippen LogP contribution in [0.1, 0.15) is 39.2 Å². The van der Waals surface area contributed by atoms with Crippen molar-refractivity contribution < 1.29 is 17.9 Å². The number of nitrogens with one attached hydrogen (secondary N) is 1. The zero-order chi connectivity index (χ0) is 23.8. The molecule has 180 valence electrons. The Morgan fingerprint density at radius 1 is 1.09 bits per heavy atom. The van der Waals surface area contributed by atoms with Gasteiger partial charge in [0.25, 0.3) is 0 Å². The summed E-state index contributed by atoms with van der Waals surface area (Å²) < 4.78 is 32.7. The molecule has 0 spiro atoms. The van der Waals surface area contributed by atoms with Crippen LogP contribution in [0.15, 0.2) is 47.5 Å². The Labute approximate surface area is 197 Å². The van der Waals surface area contributed by atoms with Gasteiger partial charge in [0.15, 0.2) is 0 Å². The van der Waals surface area contributed by atoms with Crippen molar-refractivity contribution in [1.82, 2.24) is 14.6 Å². The minimum atomic E-state index is -3.58. The molecule has 3 rings (SSSR count). The molecule has 0 radical (unpaired) electrons. The first-order chi connectivity index (χ1) is 15.9. The number of pyridine rings is 1. The summed E-state index contributed by atoms with van der Waals surface area (Å²) in [5.41, 5.74) is 0.940. The van der Waals surface area contributed by atoms with Gasteiger partial charge in [-0.2, -0.15) is 4.31 Å². The third kappa shape index (κ3) is 6.23. The highest BCUT2D eigenvalue weighted by atomic mass is 32.2. The molecule has 1 fully saturated rings. The molecule has 1 amide bonds. The number of carbonyl (C=O) groups excluding carboxylic acids is 1. The Balaban J connectivity index is 1.50. The molecular weight excluding hydrogens is 440 g/mol. The van der Waals surface area contributed by atoms with E-state index < -0.39 is 10.0 Å². The number of ether oxygens (including phenoxy) is 1. The minimum absolute atomic E-state index is 0.0408. The predicted molar refractivity (Wildman–Crippen MR) is 129 cm³/mol. The molecule has 33 heavy (non-hydrogen) atoms. The zero-order valence-electron chi connectivity index (χ0n) is 19.7. The van der Waals surface area contributed by atoms with Crippen molar-refractivity contribution in [3.63, 3.8) is 0 Å². The first-order valence-electron chi connectivity index (χ1n) is 11.6. The summed E-state index contributed by atoms with van der Waals surface area (Å²) in [5, 5.41) is 2.97. The molecular formula is C24H34N4O4S. The van der Waals surface area contributed by atoms with Crippen LogP contribution in [0.3, 0.4) is 0 Å². The first kappa shape index (κ1) is 25.0. The monoisotopic (exact) mass is 474 g/mol. The number of hydrogen-bond acceptors (Lipinski definition) is 6. The van der Waals surface area contributed by atoms with Gasteiger partial charge in [-0.15, -0.1) is 0 Å². The highest BCUT2D eigenvalue weighted by Crippen LogP contribution is 2.25. The number of nitrogens with zero attached hydrogens (tertiary/aromatic N) is 3. The van der Waals surface area contributed by atoms with Crippen LogP contribution >= 0.6 is 0 Å². The summed E-state index contributed by atoms with van der Waals surface area (Å²) in [5.74, 6) is 1.33. The van der Waals surface area contributed by atoms with Crippen LogP contribution in [0.2, 0.25) is 0 Å². The maximum atomic E-state index is 12.9. The Morgan fingerprint density at radius 3 is 2.30 bits per heavy atom. The standard InChI is InChI=1S/C24H34N4O4S/c1-4-27(5-2)23-12-7-19(17-25-23)18-26-24(29)20-13-15-28(16-14-20)33(30,31)22-10-8-21(9-11-22)32-6-3/h7-12,17,20H,4-6,13-16,18H2,1-3H3,(H,26,29). The van der Waals surface area contributed by atoms with Gasteiger partial charge in [-0.05, 0) is 69.5 Å². The number of piperidine rings is 1. The summed E-state index contributed by atoms with van der Waals surface area (Å²) in [6.07, 6.45) is 2.79. The number of hydrogen-bond donors (Lipinski definition) is 1. The number of anilines is 1. The lowest BCUT2D eigenvalue weighted by molar-refractivity contribution is -0.126. The lowest BCUT2D eigenvalue weighted by Crippen LogP contribution is -2.42. The summed E-state index contributed by atoms with van der Waals surface area (Å²) in [6.45, 7) is 9.45. The van der Waals surface area contributed by atoms with Crippen LogP contribution in [0.5, 0.6) is 5.75 Å². The van der Waals surface area contributed by atoms with Crippen molar-refractivity contribution in [3.8, 4) is 5.75 Å². The SMILES string of the molecule is CCOc1ccc(S(=O)(=O)N2CCC(C(=O)NCc3ccc(N(CC)CC)nc3)CC2)cc1. The van der Waals surface area contributed by atoms with Gasteiger partial charge in [-0.1, -0.05) is 6.07 Å². The number of rotatable bonds is 10. The van der Waals surface area contributed by atoms with Gasteiger partial charge < -0.3 is 15.0 Å². The van der Waals surface area contributed by atoms with Crippen molar-refractivity contribution >= 4 is 21.7 Å². The van der Waals surface area contributed by atoms with Crippen LogP contribution < -0.4 is 15.0 Å². The van der Waals surface area contributed by atoms with E-state index in [2.05, 4.69) is 29.0 Å². The van der Waals surface area contributed by atoms with Crippen LogP contribution in [0.4, 0.5) is 5.82 Å². The third-order valence-corrected chi connectivity index (χ3v) is 7.87. The number of sulfonamides is 1. The van der Waals surface area contributed by atoms with E-state index in [1.807, 2.05) is 19.1 Å². The molecule has 1 aromatic carbocycles. The second kappa shape index (κ2) is 11.5. The predicted octanol–water partition coefficient (Wildman–Crippen LogP) is 3.04. The summed E-state index contributed by atoms with van der Waals surface area (Å²) in [4.78, 5) is 19.5. The molecule has 1 N–H and O–H groups in total. The van der Waals surface area contributed by atoms with Crippen molar-refractivity contribution in [1.29, 1.82) is 0 Å². The second-order valence-corrected chi connectivity index (χ2v) is 9.94. The summed E-state index contributed by atoms with van der Waals surface area (Å²) in [7, 11) is -3.58. The molecule has 1 aliphatic rings. The molecule has 1 saturated heterocycles. The zero-order valence-corrected chi connectivity index (χ0v) is 20.5. The average molecular weight is 475 g/mol. The minimum Gasteiger partial charge on any atom is -0.494 e. The normalized spacial score (nSPS) is 15.2. The van der Waals surface area contributed by atoms with Gasteiger partial charge in [0.1, 0.15) is 11.6 Å². The van der Waals surface area contributed by atoms with E-state index >= 15 is 0 Å². The Hall–Kier alpha value is -2.65. The van der Waals surface area contributed by atoms with E-state index in [1.54, 1.807) is 30.5 Å². The highest BCUT2D eigenvalue weighted by Gasteiger charge is 2.32. The molecule has 0 saturated carbocycles. The van der Waals surface area contributed by atoms with Crippen LogP contribution in [0, 0.1) is 5.92 Å². The van der Waals surface area contributed by atoms with E-state index in [1.165, 1.54) is 4.31 Å². The number of aromatic nitrogens is 1. The van der Waals surface area contributed by atoms with Gasteiger partial charge in [0.2, 0.25) is 15.9 Å². The maximum Gasteiger partial charge on any atom is 0.243 e. The maximum absolute atomic E-state index is 12.9. The fraction of sp³-hybridized carbons (Fsp3) is 0.500. The van der Waals surface area contributed by atoms with E-state index in [9.17, 15) is 13.2 Å². The van der Waals surface area contributed by atoms with Gasteiger partial charge >= 0.3 is 0 Å². The summed E-state index contributed by atoms with van der Waals surface area (Å²) in [6, 6.07) is 10.4. The Kier molecular flexibility index (Phi) is 8.68. The molecule has 8 nitrogen and oxygen atoms in total. The molecule has 1 aromatic heterocycles. The Bertz CT molecular complexity index is 998. The molecule has 0 unspecified atom stereocenters. The quantitative estimate of drug-likeness (QED) is 0.569. The number of amides is 1. The van der Waals surface area contributed by atoms with Crippen molar-refractivity contribution in [3.05, 3.63) is 48.2 Å². The molecule has 2 aromatic rings. The summed E-state index contributed by atoms with van der Waals surface area (Å²) >= 11 is 0. The highest BCUT2D eigenvalue weighted by molar-refractivity contribution is 7.89. The first-order valence-corrected chi connectivity index (χ1v) is 13.0. The van der Waals surface area contributed by atoms with Crippen LogP contribution in [0.25, 0.3) is 0 Å². The Morgan fingerprint density at radius 2 is 1.76 bits per heavy atom. The van der Waals surface area contributed by atoms with Gasteiger partial charge in [-0.3, -0.25) is 4.79 Å². The molecule has 1 aliphatic heterocycles. The van der Waals surface area contributed by atoms with E-state index in [0.717, 1.165) is 24.5 Å². The third-order valence-electron chi connectivity index (χ3n) is 5.96. The number of carbonyl (C=O) groups is 1.